The lowest BCUT2D eigenvalue weighted by molar-refractivity contribution is -0.150. The molecule has 0 radical (unpaired) electrons. The molecule has 0 fully saturated rings. The van der Waals surface area contributed by atoms with E-state index < -0.39 is 12.1 Å². The molecule has 0 aromatic heterocycles. The molecule has 1 aromatic carbocycles. The third kappa shape index (κ3) is 3.08. The number of rotatable bonds is 7. The average molecular weight is 270 g/mol. The minimum Gasteiger partial charge on any atom is -0.493 e. The summed E-state index contributed by atoms with van der Waals surface area (Å²) in [4.78, 5) is 11.3. The zero-order chi connectivity index (χ0) is 14.4. The van der Waals surface area contributed by atoms with Gasteiger partial charge in [0, 0.05) is 12.2 Å². The fourth-order valence-electron chi connectivity index (χ4n) is 1.79. The van der Waals surface area contributed by atoms with Crippen LogP contribution in [0.3, 0.4) is 0 Å². The quantitative estimate of drug-likeness (QED) is 0.815. The van der Waals surface area contributed by atoms with Gasteiger partial charge in [0.05, 0.1) is 21.3 Å². The van der Waals surface area contributed by atoms with Crippen LogP contribution in [0, 0.1) is 0 Å². The lowest BCUT2D eigenvalue weighted by Crippen LogP contribution is -2.16. The van der Waals surface area contributed by atoms with Crippen LogP contribution < -0.4 is 14.2 Å². The van der Waals surface area contributed by atoms with Gasteiger partial charge in [0.15, 0.2) is 17.6 Å². The van der Waals surface area contributed by atoms with Crippen molar-refractivity contribution >= 4 is 5.97 Å². The van der Waals surface area contributed by atoms with Crippen molar-refractivity contribution in [3.05, 3.63) is 17.7 Å². The lowest BCUT2D eigenvalue weighted by Gasteiger charge is -2.19. The Labute approximate surface area is 111 Å². The van der Waals surface area contributed by atoms with Crippen molar-refractivity contribution in [2.75, 3.05) is 27.9 Å². The number of benzene rings is 1. The van der Waals surface area contributed by atoms with E-state index in [4.69, 9.17) is 18.9 Å². The van der Waals surface area contributed by atoms with E-state index in [0.717, 1.165) is 0 Å². The molecule has 19 heavy (non-hydrogen) atoms. The van der Waals surface area contributed by atoms with Gasteiger partial charge in [0.1, 0.15) is 0 Å². The predicted octanol–water partition coefficient (Wildman–Crippen LogP) is 1.87. The second kappa shape index (κ2) is 6.84. The standard InChI is InChI=1S/C13H18O6/c1-5-19-11(13(14)15)8-6-7-9(16-2)12(18-4)10(8)17-3/h6-7,11H,5H2,1-4H3,(H,14,15). The molecule has 0 aliphatic heterocycles. The first kappa shape index (κ1) is 15.1. The van der Waals surface area contributed by atoms with Crippen LogP contribution >= 0.6 is 0 Å². The van der Waals surface area contributed by atoms with Crippen LogP contribution in [-0.2, 0) is 9.53 Å². The molecule has 0 saturated carbocycles. The average Bonchev–Trinajstić information content (AvgIpc) is 2.42. The van der Waals surface area contributed by atoms with E-state index >= 15 is 0 Å². The van der Waals surface area contributed by atoms with Gasteiger partial charge in [-0.15, -0.1) is 0 Å². The van der Waals surface area contributed by atoms with Crippen molar-refractivity contribution in [2.45, 2.75) is 13.0 Å². The van der Waals surface area contributed by atoms with Crippen molar-refractivity contribution in [1.82, 2.24) is 0 Å². The van der Waals surface area contributed by atoms with Crippen LogP contribution in [0.25, 0.3) is 0 Å². The smallest absolute Gasteiger partial charge is 0.337 e. The Morgan fingerprint density at radius 1 is 1.16 bits per heavy atom. The van der Waals surface area contributed by atoms with Gasteiger partial charge in [0.2, 0.25) is 5.75 Å². The molecule has 0 aliphatic carbocycles. The molecule has 0 heterocycles. The molecule has 1 aromatic rings. The summed E-state index contributed by atoms with van der Waals surface area (Å²) in [6.45, 7) is 2.00. The Morgan fingerprint density at radius 3 is 2.21 bits per heavy atom. The number of carboxylic acids is 1. The number of ether oxygens (including phenoxy) is 4. The predicted molar refractivity (Wildman–Crippen MR) is 68.1 cm³/mol. The van der Waals surface area contributed by atoms with E-state index in [0.29, 0.717) is 22.8 Å². The fraction of sp³-hybridized carbons (Fsp3) is 0.462. The van der Waals surface area contributed by atoms with Crippen molar-refractivity contribution in [3.63, 3.8) is 0 Å². The summed E-state index contributed by atoms with van der Waals surface area (Å²) in [5.41, 5.74) is 0.384. The number of carboxylic acid groups (broad SMARTS) is 1. The number of hydrogen-bond donors (Lipinski definition) is 1. The molecular formula is C13H18O6. The number of aliphatic carboxylic acids is 1. The maximum Gasteiger partial charge on any atom is 0.337 e. The largest absolute Gasteiger partial charge is 0.493 e. The molecule has 1 unspecified atom stereocenters. The van der Waals surface area contributed by atoms with Crippen molar-refractivity contribution in [1.29, 1.82) is 0 Å². The Morgan fingerprint density at radius 2 is 1.79 bits per heavy atom. The minimum absolute atomic E-state index is 0.272. The molecule has 106 valence electrons. The van der Waals surface area contributed by atoms with E-state index in [1.54, 1.807) is 19.1 Å². The summed E-state index contributed by atoms with van der Waals surface area (Å²) < 4.78 is 20.8. The molecule has 0 bridgehead atoms. The van der Waals surface area contributed by atoms with Gasteiger partial charge in [0.25, 0.3) is 0 Å². The van der Waals surface area contributed by atoms with E-state index in [2.05, 4.69) is 0 Å². The van der Waals surface area contributed by atoms with Gasteiger partial charge in [-0.25, -0.2) is 4.79 Å². The Balaban J connectivity index is 3.37. The summed E-state index contributed by atoms with van der Waals surface area (Å²) >= 11 is 0. The molecule has 0 aliphatic rings. The van der Waals surface area contributed by atoms with Gasteiger partial charge in [-0.05, 0) is 19.1 Å². The maximum atomic E-state index is 11.3. The lowest BCUT2D eigenvalue weighted by atomic mass is 10.1. The molecule has 0 saturated heterocycles. The fourth-order valence-corrected chi connectivity index (χ4v) is 1.79. The first-order chi connectivity index (χ1) is 9.10. The Bertz CT molecular complexity index is 443. The Hall–Kier alpha value is -1.95. The van der Waals surface area contributed by atoms with Gasteiger partial charge in [-0.2, -0.15) is 0 Å². The normalized spacial score (nSPS) is 11.8. The van der Waals surface area contributed by atoms with E-state index in [9.17, 15) is 9.90 Å². The summed E-state index contributed by atoms with van der Waals surface area (Å²) in [5.74, 6) is 0.00672. The molecule has 1 N–H and O–H groups in total. The Kier molecular flexibility index (Phi) is 5.44. The maximum absolute atomic E-state index is 11.3. The highest BCUT2D eigenvalue weighted by Crippen LogP contribution is 2.42. The molecule has 6 heteroatoms. The SMILES string of the molecule is CCOC(C(=O)O)c1ccc(OC)c(OC)c1OC. The first-order valence-electron chi connectivity index (χ1n) is 5.73. The second-order valence-electron chi connectivity index (χ2n) is 3.60. The summed E-state index contributed by atoms with van der Waals surface area (Å²) in [7, 11) is 4.39. The van der Waals surface area contributed by atoms with Crippen LogP contribution in [0.4, 0.5) is 0 Å². The van der Waals surface area contributed by atoms with Gasteiger partial charge < -0.3 is 24.1 Å². The number of carbonyl (C=O) groups is 1. The van der Waals surface area contributed by atoms with Crippen LogP contribution in [0.5, 0.6) is 17.2 Å². The number of hydrogen-bond acceptors (Lipinski definition) is 5. The molecule has 1 rings (SSSR count). The summed E-state index contributed by atoms with van der Waals surface area (Å²) in [6.07, 6.45) is -1.11. The van der Waals surface area contributed by atoms with Crippen molar-refractivity contribution in [2.24, 2.45) is 0 Å². The second-order valence-corrected chi connectivity index (χ2v) is 3.60. The van der Waals surface area contributed by atoms with Gasteiger partial charge >= 0.3 is 5.97 Å². The topological polar surface area (TPSA) is 74.2 Å². The molecule has 0 spiro atoms. The molecule has 0 amide bonds. The van der Waals surface area contributed by atoms with Crippen LogP contribution in [0.15, 0.2) is 12.1 Å². The minimum atomic E-state index is -1.11. The van der Waals surface area contributed by atoms with Crippen molar-refractivity contribution < 1.29 is 28.8 Å². The van der Waals surface area contributed by atoms with Crippen LogP contribution in [0.1, 0.15) is 18.6 Å². The molecule has 6 nitrogen and oxygen atoms in total. The summed E-state index contributed by atoms with van der Waals surface area (Å²) in [5, 5.41) is 9.22. The first-order valence-corrected chi connectivity index (χ1v) is 5.73. The zero-order valence-electron chi connectivity index (χ0n) is 11.4. The van der Waals surface area contributed by atoms with E-state index in [-0.39, 0.29) is 6.61 Å². The number of methoxy groups -OCH3 is 3. The van der Waals surface area contributed by atoms with Crippen molar-refractivity contribution in [3.8, 4) is 17.2 Å². The third-order valence-corrected chi connectivity index (χ3v) is 2.57. The van der Waals surface area contributed by atoms with E-state index in [1.807, 2.05) is 0 Å². The zero-order valence-corrected chi connectivity index (χ0v) is 11.4. The van der Waals surface area contributed by atoms with Crippen LogP contribution in [-0.4, -0.2) is 39.0 Å². The monoisotopic (exact) mass is 270 g/mol. The summed E-state index contributed by atoms with van der Waals surface area (Å²) in [6, 6.07) is 3.21. The third-order valence-electron chi connectivity index (χ3n) is 2.57. The molecular weight excluding hydrogens is 252 g/mol. The van der Waals surface area contributed by atoms with E-state index in [1.165, 1.54) is 21.3 Å². The highest BCUT2D eigenvalue weighted by atomic mass is 16.5. The van der Waals surface area contributed by atoms with Gasteiger partial charge in [-0.3, -0.25) is 0 Å². The molecule has 1 atom stereocenters. The van der Waals surface area contributed by atoms with Gasteiger partial charge in [-0.1, -0.05) is 0 Å². The highest BCUT2D eigenvalue weighted by molar-refractivity contribution is 5.77. The highest BCUT2D eigenvalue weighted by Gasteiger charge is 2.27. The van der Waals surface area contributed by atoms with Crippen LogP contribution in [0.2, 0.25) is 0 Å².